The number of alkyl halides is 3. The number of methoxy groups -OCH3 is 1. The second-order valence-electron chi connectivity index (χ2n) is 7.99. The summed E-state index contributed by atoms with van der Waals surface area (Å²) in [6.45, 7) is 0.549. The van der Waals surface area contributed by atoms with Crippen LogP contribution in [0.15, 0.2) is 42.5 Å². The molecule has 3 N–H and O–H groups in total. The Labute approximate surface area is 212 Å². The summed E-state index contributed by atoms with van der Waals surface area (Å²) in [6, 6.07) is 5.22. The number of carbonyl (C=O) groups is 2. The van der Waals surface area contributed by atoms with Gasteiger partial charge in [-0.1, -0.05) is 11.6 Å². The molecular weight excluding hydrogens is 523 g/mol. The van der Waals surface area contributed by atoms with Crippen LogP contribution in [0.3, 0.4) is 0 Å². The van der Waals surface area contributed by atoms with Crippen molar-refractivity contribution in [1.29, 1.82) is 0 Å². The highest BCUT2D eigenvalue weighted by atomic mass is 35.5. The minimum atomic E-state index is -4.89. The topological polar surface area (TPSA) is 92.3 Å². The highest BCUT2D eigenvalue weighted by Crippen LogP contribution is 2.40. The van der Waals surface area contributed by atoms with Gasteiger partial charge in [0.05, 0.1) is 23.9 Å². The van der Waals surface area contributed by atoms with Gasteiger partial charge in [0.15, 0.2) is 0 Å². The number of amides is 2. The van der Waals surface area contributed by atoms with Crippen LogP contribution in [0.5, 0.6) is 0 Å². The predicted molar refractivity (Wildman–Crippen MR) is 125 cm³/mol. The highest BCUT2D eigenvalue weighted by molar-refractivity contribution is 6.31. The standard InChI is InChI=1S/C24H18ClF5N4O3/c1-37-5-4-31-18-10-17(32-22(35)11-6-12(24(28,29)30)8-14(27)7-11)19-20(34-23(36)21(19)33-18)15-9-13(26)2-3-16(15)25/h2-3,6-10,20H,4-5H2,1H3,(H,34,36)(H2,31,32,33,35). The molecule has 4 rings (SSSR count). The molecule has 0 aliphatic carbocycles. The maximum atomic E-state index is 14.0. The Bertz CT molecular complexity index is 1380. The molecule has 13 heteroatoms. The molecule has 1 aliphatic rings. The van der Waals surface area contributed by atoms with Crippen molar-refractivity contribution < 1.29 is 36.3 Å². The van der Waals surface area contributed by atoms with Gasteiger partial charge in [0.2, 0.25) is 0 Å². The lowest BCUT2D eigenvalue weighted by Crippen LogP contribution is -2.21. The Morgan fingerprint density at radius 1 is 1.14 bits per heavy atom. The van der Waals surface area contributed by atoms with Gasteiger partial charge in [0.1, 0.15) is 23.1 Å². The molecule has 1 aliphatic heterocycles. The summed E-state index contributed by atoms with van der Waals surface area (Å²) in [5.41, 5.74) is -1.84. The zero-order chi connectivity index (χ0) is 26.9. The first kappa shape index (κ1) is 26.3. The van der Waals surface area contributed by atoms with Crippen molar-refractivity contribution in [2.45, 2.75) is 12.2 Å². The van der Waals surface area contributed by atoms with Crippen molar-refractivity contribution in [3.05, 3.63) is 87.1 Å². The van der Waals surface area contributed by atoms with Crippen LogP contribution < -0.4 is 16.0 Å². The lowest BCUT2D eigenvalue weighted by Gasteiger charge is -2.19. The third-order valence-electron chi connectivity index (χ3n) is 5.45. The first-order valence-electron chi connectivity index (χ1n) is 10.7. The maximum absolute atomic E-state index is 14.0. The molecule has 2 aromatic carbocycles. The Hall–Kier alpha value is -3.77. The van der Waals surface area contributed by atoms with Crippen LogP contribution in [0.2, 0.25) is 5.02 Å². The molecule has 194 valence electrons. The Morgan fingerprint density at radius 2 is 1.89 bits per heavy atom. The molecule has 7 nitrogen and oxygen atoms in total. The van der Waals surface area contributed by atoms with Gasteiger partial charge < -0.3 is 20.7 Å². The Kier molecular flexibility index (Phi) is 7.32. The van der Waals surface area contributed by atoms with Crippen molar-refractivity contribution in [1.82, 2.24) is 10.3 Å². The van der Waals surface area contributed by atoms with Crippen molar-refractivity contribution in [3.63, 3.8) is 0 Å². The van der Waals surface area contributed by atoms with E-state index in [1.807, 2.05) is 0 Å². The average Bonchev–Trinajstić information content (AvgIpc) is 3.16. The van der Waals surface area contributed by atoms with E-state index in [1.54, 1.807) is 0 Å². The average molecular weight is 541 g/mol. The van der Waals surface area contributed by atoms with Crippen LogP contribution >= 0.6 is 11.6 Å². The Morgan fingerprint density at radius 3 is 2.59 bits per heavy atom. The first-order valence-corrected chi connectivity index (χ1v) is 11.1. The van der Waals surface area contributed by atoms with E-state index in [1.165, 1.54) is 19.2 Å². The van der Waals surface area contributed by atoms with Crippen molar-refractivity contribution in [2.24, 2.45) is 0 Å². The molecule has 0 saturated heterocycles. The summed E-state index contributed by atoms with van der Waals surface area (Å²) in [5.74, 6) is -3.50. The van der Waals surface area contributed by atoms with E-state index in [4.69, 9.17) is 16.3 Å². The van der Waals surface area contributed by atoms with E-state index < -0.39 is 46.8 Å². The molecule has 37 heavy (non-hydrogen) atoms. The number of anilines is 2. The fourth-order valence-corrected chi connectivity index (χ4v) is 4.04. The minimum Gasteiger partial charge on any atom is -0.383 e. The summed E-state index contributed by atoms with van der Waals surface area (Å²) in [6.07, 6.45) is -4.89. The molecule has 0 radical (unpaired) electrons. The van der Waals surface area contributed by atoms with Gasteiger partial charge in [0, 0.05) is 41.4 Å². The quantitative estimate of drug-likeness (QED) is 0.284. The number of carbonyl (C=O) groups excluding carboxylic acids is 2. The molecule has 1 unspecified atom stereocenters. The van der Waals surface area contributed by atoms with E-state index in [2.05, 4.69) is 20.9 Å². The van der Waals surface area contributed by atoms with Gasteiger partial charge in [0.25, 0.3) is 11.8 Å². The monoisotopic (exact) mass is 540 g/mol. The van der Waals surface area contributed by atoms with Crippen molar-refractivity contribution in [3.8, 4) is 0 Å². The molecule has 1 atom stereocenters. The van der Waals surface area contributed by atoms with Gasteiger partial charge in [-0.2, -0.15) is 13.2 Å². The van der Waals surface area contributed by atoms with E-state index in [-0.39, 0.29) is 52.6 Å². The summed E-state index contributed by atoms with van der Waals surface area (Å²) < 4.78 is 72.4. The lowest BCUT2D eigenvalue weighted by atomic mass is 9.98. The number of halogens is 6. The van der Waals surface area contributed by atoms with Gasteiger partial charge in [-0.15, -0.1) is 0 Å². The fourth-order valence-electron chi connectivity index (χ4n) is 3.82. The van der Waals surface area contributed by atoms with E-state index >= 15 is 0 Å². The molecule has 0 fully saturated rings. The minimum absolute atomic E-state index is 0.0311. The fraction of sp³-hybridized carbons (Fsp3) is 0.208. The summed E-state index contributed by atoms with van der Waals surface area (Å²) in [5, 5.41) is 8.07. The largest absolute Gasteiger partial charge is 0.416 e. The van der Waals surface area contributed by atoms with E-state index in [9.17, 15) is 31.5 Å². The summed E-state index contributed by atoms with van der Waals surface area (Å²) in [4.78, 5) is 30.0. The van der Waals surface area contributed by atoms with Crippen molar-refractivity contribution >= 4 is 34.9 Å². The van der Waals surface area contributed by atoms with Crippen LogP contribution in [-0.2, 0) is 10.9 Å². The number of nitrogens with one attached hydrogen (secondary N) is 3. The van der Waals surface area contributed by atoms with Gasteiger partial charge in [-0.05, 0) is 36.4 Å². The molecule has 1 aromatic heterocycles. The van der Waals surface area contributed by atoms with Crippen molar-refractivity contribution in [2.75, 3.05) is 30.9 Å². The van der Waals surface area contributed by atoms with Gasteiger partial charge in [-0.25, -0.2) is 13.8 Å². The second kappa shape index (κ2) is 10.3. The molecule has 3 aromatic rings. The molecule has 0 bridgehead atoms. The third kappa shape index (κ3) is 5.65. The first-order chi connectivity index (χ1) is 17.5. The number of rotatable bonds is 7. The number of pyridine rings is 1. The number of ether oxygens (including phenoxy) is 1. The van der Waals surface area contributed by atoms with Gasteiger partial charge in [-0.3, -0.25) is 9.59 Å². The second-order valence-corrected chi connectivity index (χ2v) is 8.40. The zero-order valence-corrected chi connectivity index (χ0v) is 19.7. The van der Waals surface area contributed by atoms with Crippen LogP contribution in [0.1, 0.15) is 43.6 Å². The number of hydrogen-bond acceptors (Lipinski definition) is 5. The highest BCUT2D eigenvalue weighted by Gasteiger charge is 2.37. The van der Waals surface area contributed by atoms with E-state index in [0.717, 1.165) is 12.1 Å². The molecule has 2 amide bonds. The summed E-state index contributed by atoms with van der Waals surface area (Å²) >= 11 is 6.24. The summed E-state index contributed by atoms with van der Waals surface area (Å²) in [7, 11) is 1.47. The van der Waals surface area contributed by atoms with Crippen LogP contribution in [-0.4, -0.2) is 37.1 Å². The SMILES string of the molecule is COCCNc1cc(NC(=O)c2cc(F)cc(C(F)(F)F)c2)c2c(n1)C(=O)NC2c1cc(F)ccc1Cl. The predicted octanol–water partition coefficient (Wildman–Crippen LogP) is 5.18. The Balaban J connectivity index is 1.80. The zero-order valence-electron chi connectivity index (χ0n) is 19.0. The molecule has 2 heterocycles. The smallest absolute Gasteiger partial charge is 0.383 e. The number of nitrogens with zero attached hydrogens (tertiary/aromatic N) is 1. The number of benzene rings is 2. The van der Waals surface area contributed by atoms with Crippen LogP contribution in [0.25, 0.3) is 0 Å². The normalized spacial score (nSPS) is 14.8. The molecule has 0 spiro atoms. The molecular formula is C24H18ClF5N4O3. The molecule has 0 saturated carbocycles. The maximum Gasteiger partial charge on any atom is 0.416 e. The van der Waals surface area contributed by atoms with E-state index in [0.29, 0.717) is 12.1 Å². The van der Waals surface area contributed by atoms with Crippen LogP contribution in [0.4, 0.5) is 33.5 Å². The number of fused-ring (bicyclic) bond motifs is 1. The third-order valence-corrected chi connectivity index (χ3v) is 5.80. The van der Waals surface area contributed by atoms with Crippen LogP contribution in [0, 0.1) is 11.6 Å². The van der Waals surface area contributed by atoms with Gasteiger partial charge >= 0.3 is 6.18 Å². The number of hydrogen-bond donors (Lipinski definition) is 3. The number of aromatic nitrogens is 1. The lowest BCUT2D eigenvalue weighted by molar-refractivity contribution is -0.137.